The van der Waals surface area contributed by atoms with Gasteiger partial charge in [0, 0.05) is 12.4 Å². The molecule has 0 aliphatic heterocycles. The van der Waals surface area contributed by atoms with Gasteiger partial charge >= 0.3 is 0 Å². The maximum Gasteiger partial charge on any atom is 0.268 e. The predicted octanol–water partition coefficient (Wildman–Crippen LogP) is 1.43. The number of anilines is 1. The fourth-order valence-electron chi connectivity index (χ4n) is 2.86. The minimum atomic E-state index is -0.148. The van der Waals surface area contributed by atoms with Gasteiger partial charge in [-0.25, -0.2) is 0 Å². The lowest BCUT2D eigenvalue weighted by atomic mass is 10.1. The van der Waals surface area contributed by atoms with Crippen LogP contribution in [0.3, 0.4) is 0 Å². The number of H-pyrrole nitrogens is 1. The second kappa shape index (κ2) is 5.18. The number of nitrogens with one attached hydrogen (secondary N) is 2. The number of benzene rings is 1. The van der Waals surface area contributed by atoms with E-state index in [0.29, 0.717) is 11.5 Å². The van der Waals surface area contributed by atoms with Gasteiger partial charge in [0.1, 0.15) is 11.5 Å². The minimum Gasteiger partial charge on any atom is -0.367 e. The van der Waals surface area contributed by atoms with Crippen LogP contribution in [-0.2, 0) is 13.6 Å². The minimum absolute atomic E-state index is 0.148. The molecule has 0 unspecified atom stereocenters. The van der Waals surface area contributed by atoms with Crippen LogP contribution >= 0.6 is 0 Å². The summed E-state index contributed by atoms with van der Waals surface area (Å²) in [5.74, 6) is 0.546. The summed E-state index contributed by atoms with van der Waals surface area (Å²) in [6.07, 6.45) is 0. The number of hydrogen-bond donors (Lipinski definition) is 3. The number of nitrogens with two attached hydrogens (primary N) is 1. The summed E-state index contributed by atoms with van der Waals surface area (Å²) in [6.45, 7) is 4.26. The molecule has 2 aromatic heterocycles. The quantitative estimate of drug-likeness (QED) is 0.680. The molecule has 0 aliphatic rings. The Morgan fingerprint density at radius 1 is 1.41 bits per heavy atom. The Balaban J connectivity index is 1.92. The third kappa shape index (κ3) is 2.20. The molecule has 0 spiro atoms. The molecule has 7 nitrogen and oxygen atoms in total. The Morgan fingerprint density at radius 2 is 2.18 bits per heavy atom. The van der Waals surface area contributed by atoms with Gasteiger partial charge < -0.3 is 15.6 Å². The number of amides is 1. The second-order valence-electron chi connectivity index (χ2n) is 5.33. The Hall–Kier alpha value is -2.83. The molecule has 0 aliphatic carbocycles. The number of hydrogen-bond acceptors (Lipinski definition) is 4. The molecule has 114 valence electrons. The second-order valence-corrected chi connectivity index (χ2v) is 5.33. The summed E-state index contributed by atoms with van der Waals surface area (Å²) in [5.41, 5.74) is 9.28. The average molecular weight is 298 g/mol. The number of nitrogen functional groups attached to an aromatic ring is 1. The molecule has 0 atom stereocenters. The van der Waals surface area contributed by atoms with E-state index in [-0.39, 0.29) is 18.4 Å². The number of carbonyl (C=O) groups excluding carboxylic acids is 1. The standard InChI is InChI=1S/C15H18N6O/c1-8-5-4-6-10-9(2)13(21(3)12(8)10)14(22)17-7-11-18-15(16)20-19-11/h4-6H,7H2,1-3H3,(H,17,22)(H3,16,18,19,20). The molecular weight excluding hydrogens is 280 g/mol. The molecule has 0 radical (unpaired) electrons. The zero-order valence-electron chi connectivity index (χ0n) is 12.8. The van der Waals surface area contributed by atoms with Gasteiger partial charge in [-0.05, 0) is 25.0 Å². The first-order chi connectivity index (χ1) is 10.5. The van der Waals surface area contributed by atoms with E-state index in [4.69, 9.17) is 5.73 Å². The zero-order valence-corrected chi connectivity index (χ0v) is 12.8. The van der Waals surface area contributed by atoms with Crippen molar-refractivity contribution in [2.45, 2.75) is 20.4 Å². The van der Waals surface area contributed by atoms with Crippen molar-refractivity contribution >= 4 is 22.8 Å². The van der Waals surface area contributed by atoms with E-state index in [1.54, 1.807) is 0 Å². The Labute approximate surface area is 127 Å². The maximum absolute atomic E-state index is 12.5. The van der Waals surface area contributed by atoms with Crippen molar-refractivity contribution in [2.24, 2.45) is 7.05 Å². The van der Waals surface area contributed by atoms with Gasteiger partial charge in [-0.2, -0.15) is 4.98 Å². The van der Waals surface area contributed by atoms with E-state index in [2.05, 4.69) is 20.5 Å². The number of fused-ring (bicyclic) bond motifs is 1. The molecular formula is C15H18N6O. The van der Waals surface area contributed by atoms with E-state index >= 15 is 0 Å². The molecule has 3 rings (SSSR count). The average Bonchev–Trinajstić information content (AvgIpc) is 3.00. The largest absolute Gasteiger partial charge is 0.367 e. The smallest absolute Gasteiger partial charge is 0.268 e. The van der Waals surface area contributed by atoms with Gasteiger partial charge in [-0.15, -0.1) is 5.10 Å². The lowest BCUT2D eigenvalue weighted by Gasteiger charge is -2.07. The predicted molar refractivity (Wildman–Crippen MR) is 84.4 cm³/mol. The molecule has 4 N–H and O–H groups in total. The van der Waals surface area contributed by atoms with Gasteiger partial charge in [0.05, 0.1) is 12.1 Å². The Bertz CT molecular complexity index is 860. The van der Waals surface area contributed by atoms with Crippen molar-refractivity contribution in [1.29, 1.82) is 0 Å². The Kier molecular flexibility index (Phi) is 3.32. The number of aromatic amines is 1. The van der Waals surface area contributed by atoms with E-state index in [9.17, 15) is 4.79 Å². The fourth-order valence-corrected chi connectivity index (χ4v) is 2.86. The lowest BCUT2D eigenvalue weighted by Crippen LogP contribution is -2.26. The molecule has 22 heavy (non-hydrogen) atoms. The highest BCUT2D eigenvalue weighted by molar-refractivity contribution is 6.02. The van der Waals surface area contributed by atoms with Gasteiger partial charge in [0.2, 0.25) is 5.95 Å². The van der Waals surface area contributed by atoms with Gasteiger partial charge in [0.25, 0.3) is 5.91 Å². The molecule has 1 aromatic carbocycles. The third-order valence-electron chi connectivity index (χ3n) is 3.85. The SMILES string of the molecule is Cc1c(C(=O)NCc2nc(N)n[nH]2)n(C)c2c(C)cccc12. The van der Waals surface area contributed by atoms with Crippen LogP contribution in [0.1, 0.15) is 27.4 Å². The molecule has 3 aromatic rings. The van der Waals surface area contributed by atoms with Crippen LogP contribution in [0.4, 0.5) is 5.95 Å². The molecule has 0 saturated heterocycles. The summed E-state index contributed by atoms with van der Waals surface area (Å²) in [5, 5.41) is 10.3. The first-order valence-electron chi connectivity index (χ1n) is 6.98. The van der Waals surface area contributed by atoms with Crippen molar-refractivity contribution in [3.63, 3.8) is 0 Å². The summed E-state index contributed by atoms with van der Waals surface area (Å²) in [6, 6.07) is 6.08. The summed E-state index contributed by atoms with van der Waals surface area (Å²) >= 11 is 0. The van der Waals surface area contributed by atoms with Crippen molar-refractivity contribution < 1.29 is 4.79 Å². The molecule has 1 amide bonds. The van der Waals surface area contributed by atoms with Crippen LogP contribution in [0, 0.1) is 13.8 Å². The van der Waals surface area contributed by atoms with E-state index < -0.39 is 0 Å². The molecule has 2 heterocycles. The topological polar surface area (TPSA) is 102 Å². The lowest BCUT2D eigenvalue weighted by molar-refractivity contribution is 0.0941. The number of para-hydroxylation sites is 1. The first-order valence-corrected chi connectivity index (χ1v) is 6.98. The van der Waals surface area contributed by atoms with E-state index in [0.717, 1.165) is 22.0 Å². The number of nitrogens with zero attached hydrogens (tertiary/aromatic N) is 3. The highest BCUT2D eigenvalue weighted by Gasteiger charge is 2.19. The van der Waals surface area contributed by atoms with Crippen molar-refractivity contribution in [2.75, 3.05) is 5.73 Å². The van der Waals surface area contributed by atoms with Crippen LogP contribution < -0.4 is 11.1 Å². The summed E-state index contributed by atoms with van der Waals surface area (Å²) < 4.78 is 1.93. The first kappa shape index (κ1) is 14.1. The molecule has 0 fully saturated rings. The van der Waals surface area contributed by atoms with Crippen molar-refractivity contribution in [1.82, 2.24) is 25.1 Å². The van der Waals surface area contributed by atoms with Crippen molar-refractivity contribution in [3.8, 4) is 0 Å². The van der Waals surface area contributed by atoms with Gasteiger partial charge in [-0.3, -0.25) is 9.89 Å². The highest BCUT2D eigenvalue weighted by atomic mass is 16.1. The molecule has 0 saturated carbocycles. The molecule has 0 bridgehead atoms. The monoisotopic (exact) mass is 298 g/mol. The number of aromatic nitrogens is 4. The van der Waals surface area contributed by atoms with Gasteiger partial charge in [0.15, 0.2) is 0 Å². The molecule has 7 heteroatoms. The normalized spacial score (nSPS) is 11.0. The summed E-state index contributed by atoms with van der Waals surface area (Å²) in [4.78, 5) is 16.5. The number of rotatable bonds is 3. The summed E-state index contributed by atoms with van der Waals surface area (Å²) in [7, 11) is 1.91. The van der Waals surface area contributed by atoms with E-state index in [1.807, 2.05) is 43.7 Å². The van der Waals surface area contributed by atoms with Crippen molar-refractivity contribution in [3.05, 3.63) is 40.8 Å². The fraction of sp³-hybridized carbons (Fsp3) is 0.267. The van der Waals surface area contributed by atoms with E-state index in [1.165, 1.54) is 0 Å². The maximum atomic E-state index is 12.5. The zero-order chi connectivity index (χ0) is 15.9. The van der Waals surface area contributed by atoms with Crippen LogP contribution in [0.5, 0.6) is 0 Å². The van der Waals surface area contributed by atoms with Crippen LogP contribution in [-0.4, -0.2) is 25.7 Å². The van der Waals surface area contributed by atoms with Gasteiger partial charge in [-0.1, -0.05) is 18.2 Å². The number of carbonyl (C=O) groups is 1. The van der Waals surface area contributed by atoms with Crippen LogP contribution in [0.2, 0.25) is 0 Å². The third-order valence-corrected chi connectivity index (χ3v) is 3.85. The highest BCUT2D eigenvalue weighted by Crippen LogP contribution is 2.27. The number of aryl methyl sites for hydroxylation is 3. The Morgan fingerprint density at radius 3 is 2.82 bits per heavy atom. The van der Waals surface area contributed by atoms with Crippen LogP contribution in [0.15, 0.2) is 18.2 Å². The van der Waals surface area contributed by atoms with Crippen LogP contribution in [0.25, 0.3) is 10.9 Å².